The fraction of sp³-hybridized carbons (Fsp3) is 0.579. The van der Waals surface area contributed by atoms with Crippen LogP contribution in [-0.2, 0) is 15.0 Å². The molecule has 5 nitrogen and oxygen atoms in total. The molecule has 0 unspecified atom stereocenters. The van der Waals surface area contributed by atoms with Crippen molar-refractivity contribution < 1.29 is 9.59 Å². The van der Waals surface area contributed by atoms with Gasteiger partial charge in [-0.3, -0.25) is 9.59 Å². The second kappa shape index (κ2) is 8.83. The van der Waals surface area contributed by atoms with Crippen LogP contribution in [0, 0.1) is 0 Å². The van der Waals surface area contributed by atoms with Gasteiger partial charge in [-0.05, 0) is 37.2 Å². The molecule has 2 amide bonds. The van der Waals surface area contributed by atoms with E-state index >= 15 is 0 Å². The highest BCUT2D eigenvalue weighted by molar-refractivity contribution is 5.91. The number of hydrogen-bond acceptors (Lipinski definition) is 3. The van der Waals surface area contributed by atoms with Gasteiger partial charge in [0.2, 0.25) is 11.8 Å². The van der Waals surface area contributed by atoms with E-state index in [0.717, 1.165) is 12.2 Å². The molecular weight excluding hydrogens is 302 g/mol. The Morgan fingerprint density at radius 3 is 2.04 bits per heavy atom. The molecule has 0 aliphatic carbocycles. The van der Waals surface area contributed by atoms with Crippen molar-refractivity contribution >= 4 is 17.5 Å². The van der Waals surface area contributed by atoms with E-state index < -0.39 is 0 Å². The van der Waals surface area contributed by atoms with Crippen LogP contribution in [0.2, 0.25) is 0 Å². The van der Waals surface area contributed by atoms with E-state index in [1.54, 1.807) is 11.8 Å². The third kappa shape index (κ3) is 7.13. The number of nitrogens with zero attached hydrogens (tertiary/aromatic N) is 2. The van der Waals surface area contributed by atoms with Gasteiger partial charge in [0.15, 0.2) is 0 Å². The molecule has 0 aliphatic rings. The van der Waals surface area contributed by atoms with Gasteiger partial charge in [-0.15, -0.1) is 0 Å². The second-order valence-electron chi connectivity index (χ2n) is 7.43. The summed E-state index contributed by atoms with van der Waals surface area (Å²) in [4.78, 5) is 27.5. The molecule has 0 atom stereocenters. The fourth-order valence-corrected chi connectivity index (χ4v) is 2.26. The number of amides is 2. The van der Waals surface area contributed by atoms with Gasteiger partial charge in [-0.25, -0.2) is 0 Å². The van der Waals surface area contributed by atoms with Gasteiger partial charge in [0, 0.05) is 38.7 Å². The van der Waals surface area contributed by atoms with Crippen molar-refractivity contribution in [3.63, 3.8) is 0 Å². The van der Waals surface area contributed by atoms with Gasteiger partial charge in [0.25, 0.3) is 0 Å². The van der Waals surface area contributed by atoms with Crippen LogP contribution in [0.4, 0.5) is 5.69 Å². The third-order valence-corrected chi connectivity index (χ3v) is 3.91. The molecule has 5 heteroatoms. The first kappa shape index (κ1) is 20.2. The highest BCUT2D eigenvalue weighted by atomic mass is 16.2. The zero-order valence-electron chi connectivity index (χ0n) is 15.8. The average molecular weight is 333 g/mol. The predicted molar refractivity (Wildman–Crippen MR) is 99.2 cm³/mol. The van der Waals surface area contributed by atoms with Crippen LogP contribution in [0.1, 0.15) is 39.7 Å². The maximum absolute atomic E-state index is 12.1. The van der Waals surface area contributed by atoms with Crippen LogP contribution < -0.4 is 5.32 Å². The van der Waals surface area contributed by atoms with Gasteiger partial charge < -0.3 is 15.1 Å². The quantitative estimate of drug-likeness (QED) is 0.835. The summed E-state index contributed by atoms with van der Waals surface area (Å²) < 4.78 is 0. The minimum Gasteiger partial charge on any atom is -0.341 e. The lowest BCUT2D eigenvalue weighted by atomic mass is 9.87. The molecule has 134 valence electrons. The molecule has 0 bridgehead atoms. The summed E-state index contributed by atoms with van der Waals surface area (Å²) in [5.41, 5.74) is 2.11. The van der Waals surface area contributed by atoms with Crippen molar-refractivity contribution in [2.45, 2.75) is 39.5 Å². The molecule has 1 rings (SSSR count). The zero-order chi connectivity index (χ0) is 18.3. The molecule has 24 heavy (non-hydrogen) atoms. The van der Waals surface area contributed by atoms with Gasteiger partial charge in [0.05, 0.1) is 0 Å². The number of carbonyl (C=O) groups is 2. The lowest BCUT2D eigenvalue weighted by Gasteiger charge is -2.23. The summed E-state index contributed by atoms with van der Waals surface area (Å²) in [6.45, 7) is 9.87. The van der Waals surface area contributed by atoms with Crippen molar-refractivity contribution in [1.82, 2.24) is 9.80 Å². The van der Waals surface area contributed by atoms with Gasteiger partial charge in [-0.2, -0.15) is 0 Å². The number of hydrogen-bond donors (Lipinski definition) is 1. The Morgan fingerprint density at radius 1 is 1.00 bits per heavy atom. The van der Waals surface area contributed by atoms with Crippen LogP contribution in [0.25, 0.3) is 0 Å². The molecule has 0 spiro atoms. The minimum atomic E-state index is -0.0744. The summed E-state index contributed by atoms with van der Waals surface area (Å²) in [7, 11) is 3.93. The number of carbonyl (C=O) groups excluding carboxylic acids is 2. The lowest BCUT2D eigenvalue weighted by Crippen LogP contribution is -2.37. The highest BCUT2D eigenvalue weighted by Gasteiger charge is 2.14. The van der Waals surface area contributed by atoms with Crippen molar-refractivity contribution in [2.75, 3.05) is 39.0 Å². The van der Waals surface area contributed by atoms with E-state index in [1.165, 1.54) is 5.56 Å². The summed E-state index contributed by atoms with van der Waals surface area (Å²) in [6.07, 6.45) is 0.300. The molecule has 0 heterocycles. The summed E-state index contributed by atoms with van der Waals surface area (Å²) >= 11 is 0. The van der Waals surface area contributed by atoms with Crippen molar-refractivity contribution in [1.29, 1.82) is 0 Å². The SMILES string of the molecule is CC(=O)N(CCC(=O)Nc1ccc(C(C)(C)C)cc1)CCN(C)C. The number of rotatable bonds is 7. The Labute approximate surface area is 146 Å². The predicted octanol–water partition coefficient (Wildman–Crippen LogP) is 2.72. The standard InChI is InChI=1S/C19H31N3O2/c1-15(23)22(14-13-21(5)6)12-11-18(24)20-17-9-7-16(8-10-17)19(2,3)4/h7-10H,11-14H2,1-6H3,(H,20,24). The van der Waals surface area contributed by atoms with Gasteiger partial charge >= 0.3 is 0 Å². The Hall–Kier alpha value is -1.88. The highest BCUT2D eigenvalue weighted by Crippen LogP contribution is 2.23. The zero-order valence-corrected chi connectivity index (χ0v) is 15.8. The molecule has 0 saturated heterocycles. The smallest absolute Gasteiger partial charge is 0.226 e. The normalized spacial score (nSPS) is 11.5. The maximum atomic E-state index is 12.1. The summed E-state index contributed by atoms with van der Waals surface area (Å²) in [5.74, 6) is -0.0752. The van der Waals surface area contributed by atoms with E-state index in [-0.39, 0.29) is 17.2 Å². The Kier molecular flexibility index (Phi) is 7.42. The molecule has 1 aromatic carbocycles. The summed E-state index contributed by atoms with van der Waals surface area (Å²) in [6, 6.07) is 7.92. The molecule has 1 N–H and O–H groups in total. The summed E-state index contributed by atoms with van der Waals surface area (Å²) in [5, 5.41) is 2.89. The molecule has 1 aromatic rings. The van der Waals surface area contributed by atoms with Crippen molar-refractivity contribution in [3.8, 4) is 0 Å². The van der Waals surface area contributed by atoms with E-state index in [0.29, 0.717) is 19.5 Å². The molecule has 0 saturated carbocycles. The lowest BCUT2D eigenvalue weighted by molar-refractivity contribution is -0.129. The third-order valence-electron chi connectivity index (χ3n) is 3.91. The first-order chi connectivity index (χ1) is 11.1. The first-order valence-corrected chi connectivity index (χ1v) is 8.40. The Bertz CT molecular complexity index is 545. The number of nitrogens with one attached hydrogen (secondary N) is 1. The maximum Gasteiger partial charge on any atom is 0.226 e. The van der Waals surface area contributed by atoms with Crippen LogP contribution >= 0.6 is 0 Å². The van der Waals surface area contributed by atoms with E-state index in [4.69, 9.17) is 0 Å². The van der Waals surface area contributed by atoms with E-state index in [2.05, 4.69) is 26.1 Å². The molecule has 0 aliphatic heterocycles. The van der Waals surface area contributed by atoms with Crippen molar-refractivity contribution in [2.24, 2.45) is 0 Å². The first-order valence-electron chi connectivity index (χ1n) is 8.40. The van der Waals surface area contributed by atoms with Gasteiger partial charge in [0.1, 0.15) is 0 Å². The van der Waals surface area contributed by atoms with Crippen LogP contribution in [-0.4, -0.2) is 55.3 Å². The monoisotopic (exact) mass is 333 g/mol. The average Bonchev–Trinajstić information content (AvgIpc) is 2.46. The van der Waals surface area contributed by atoms with Gasteiger partial charge in [-0.1, -0.05) is 32.9 Å². The minimum absolute atomic E-state index is 0.000759. The molecular formula is C19H31N3O2. The van der Waals surface area contributed by atoms with E-state index in [1.807, 2.05) is 43.3 Å². The molecule has 0 radical (unpaired) electrons. The van der Waals surface area contributed by atoms with Crippen LogP contribution in [0.15, 0.2) is 24.3 Å². The van der Waals surface area contributed by atoms with E-state index in [9.17, 15) is 9.59 Å². The van der Waals surface area contributed by atoms with Crippen LogP contribution in [0.5, 0.6) is 0 Å². The molecule has 0 fully saturated rings. The molecule has 0 aromatic heterocycles. The van der Waals surface area contributed by atoms with Crippen LogP contribution in [0.3, 0.4) is 0 Å². The van der Waals surface area contributed by atoms with Crippen molar-refractivity contribution in [3.05, 3.63) is 29.8 Å². The largest absolute Gasteiger partial charge is 0.341 e. The second-order valence-corrected chi connectivity index (χ2v) is 7.43. The fourth-order valence-electron chi connectivity index (χ4n) is 2.26. The number of benzene rings is 1. The Morgan fingerprint density at radius 2 is 1.58 bits per heavy atom. The topological polar surface area (TPSA) is 52.7 Å². The Balaban J connectivity index is 2.51. The number of likely N-dealkylation sites (N-methyl/N-ethyl adjacent to an activating group) is 1. The number of anilines is 1.